The van der Waals surface area contributed by atoms with Crippen LogP contribution in [0.3, 0.4) is 0 Å². The minimum absolute atomic E-state index is 0.128. The van der Waals surface area contributed by atoms with E-state index in [0.717, 1.165) is 19.3 Å². The van der Waals surface area contributed by atoms with Crippen molar-refractivity contribution in [1.82, 2.24) is 5.32 Å². The summed E-state index contributed by atoms with van der Waals surface area (Å²) in [6, 6.07) is 7.26. The highest BCUT2D eigenvalue weighted by Crippen LogP contribution is 2.60. The maximum Gasteiger partial charge on any atom is 0.407 e. The summed E-state index contributed by atoms with van der Waals surface area (Å²) in [6.07, 6.45) is 6.55. The average Bonchev–Trinajstić information content (AvgIpc) is 2.65. The van der Waals surface area contributed by atoms with Crippen molar-refractivity contribution in [1.29, 1.82) is 0 Å². The van der Waals surface area contributed by atoms with Gasteiger partial charge in [-0.2, -0.15) is 0 Å². The molecule has 0 spiro atoms. The van der Waals surface area contributed by atoms with E-state index in [0.29, 0.717) is 29.1 Å². The fourth-order valence-electron chi connectivity index (χ4n) is 6.14. The summed E-state index contributed by atoms with van der Waals surface area (Å²) >= 11 is 0. The van der Waals surface area contributed by atoms with E-state index >= 15 is 0 Å². The lowest BCUT2D eigenvalue weighted by Gasteiger charge is -2.55. The van der Waals surface area contributed by atoms with Gasteiger partial charge in [-0.3, -0.25) is 9.59 Å². The summed E-state index contributed by atoms with van der Waals surface area (Å²) in [5.41, 5.74) is 0.542. The van der Waals surface area contributed by atoms with Crippen LogP contribution in [0.4, 0.5) is 16.2 Å². The molecule has 4 saturated carbocycles. The number of carbonyl (C=O) groups is 3. The predicted molar refractivity (Wildman–Crippen MR) is 123 cm³/mol. The Hall–Kier alpha value is -2.57. The van der Waals surface area contributed by atoms with Crippen molar-refractivity contribution in [2.24, 2.45) is 23.2 Å². The van der Waals surface area contributed by atoms with E-state index in [1.54, 1.807) is 32.9 Å². The second kappa shape index (κ2) is 8.75. The Labute approximate surface area is 190 Å². The molecule has 5 rings (SSSR count). The molecule has 0 aromatic heterocycles. The summed E-state index contributed by atoms with van der Waals surface area (Å²) in [4.78, 5) is 37.2. The maximum absolute atomic E-state index is 13.3. The molecule has 7 heteroatoms. The second-order valence-electron chi connectivity index (χ2n) is 11.0. The number of anilines is 2. The molecule has 0 unspecified atom stereocenters. The molecular formula is C25H35N3O4. The Balaban J connectivity index is 1.28. The summed E-state index contributed by atoms with van der Waals surface area (Å²) < 4.78 is 5.16. The van der Waals surface area contributed by atoms with Gasteiger partial charge in [0.1, 0.15) is 5.60 Å². The first-order chi connectivity index (χ1) is 15.1. The van der Waals surface area contributed by atoms with Gasteiger partial charge >= 0.3 is 6.09 Å². The van der Waals surface area contributed by atoms with Crippen molar-refractivity contribution < 1.29 is 19.1 Å². The fourth-order valence-corrected chi connectivity index (χ4v) is 6.14. The number of carbonyl (C=O) groups excluding carboxylic acids is 3. The van der Waals surface area contributed by atoms with E-state index in [1.165, 1.54) is 19.3 Å². The van der Waals surface area contributed by atoms with Crippen LogP contribution in [0.25, 0.3) is 0 Å². The molecule has 4 aliphatic rings. The first-order valence-corrected chi connectivity index (χ1v) is 11.8. The first kappa shape index (κ1) is 22.6. The van der Waals surface area contributed by atoms with E-state index in [-0.39, 0.29) is 30.2 Å². The van der Waals surface area contributed by atoms with Crippen molar-refractivity contribution in [2.75, 3.05) is 17.2 Å². The zero-order valence-corrected chi connectivity index (χ0v) is 19.3. The third-order valence-electron chi connectivity index (χ3n) is 6.94. The second-order valence-corrected chi connectivity index (χ2v) is 11.0. The van der Waals surface area contributed by atoms with Crippen molar-refractivity contribution in [3.05, 3.63) is 24.3 Å². The number of amides is 3. The third kappa shape index (κ3) is 5.43. The van der Waals surface area contributed by atoms with Crippen LogP contribution >= 0.6 is 0 Å². The Morgan fingerprint density at radius 3 is 2.09 bits per heavy atom. The maximum atomic E-state index is 13.3. The van der Waals surface area contributed by atoms with Gasteiger partial charge in [0, 0.05) is 24.3 Å². The van der Waals surface area contributed by atoms with Gasteiger partial charge in [0.05, 0.1) is 5.41 Å². The Bertz CT molecular complexity index is 854. The number of benzene rings is 1. The molecule has 1 aromatic carbocycles. The zero-order chi connectivity index (χ0) is 22.9. The Kier molecular flexibility index (Phi) is 6.19. The molecule has 1 aromatic rings. The van der Waals surface area contributed by atoms with Crippen LogP contribution < -0.4 is 16.0 Å². The average molecular weight is 442 g/mol. The van der Waals surface area contributed by atoms with Gasteiger partial charge in [0.15, 0.2) is 0 Å². The van der Waals surface area contributed by atoms with Crippen LogP contribution in [0, 0.1) is 23.2 Å². The van der Waals surface area contributed by atoms with Gasteiger partial charge in [0.2, 0.25) is 11.8 Å². The number of alkyl carbamates (subject to hydrolysis) is 1. The van der Waals surface area contributed by atoms with Crippen LogP contribution in [0.2, 0.25) is 0 Å². The van der Waals surface area contributed by atoms with Crippen molar-refractivity contribution >= 4 is 29.3 Å². The lowest BCUT2D eigenvalue weighted by atomic mass is 9.49. The van der Waals surface area contributed by atoms with E-state index in [9.17, 15) is 14.4 Å². The number of hydrogen-bond donors (Lipinski definition) is 3. The number of ether oxygens (including phenoxy) is 1. The topological polar surface area (TPSA) is 96.5 Å². The van der Waals surface area contributed by atoms with E-state index in [1.807, 2.05) is 12.1 Å². The standard InChI is InChI=1S/C25H35N3O4/c1-24(2,3)32-23(31)26-8-7-21(29)27-19-5-4-6-20(12-19)28-22(30)25-13-16-9-17(14-25)11-18(10-16)15-25/h4-6,12,16-18H,7-11,13-15H2,1-3H3,(H,26,31)(H,27,29)(H,28,30). The van der Waals surface area contributed by atoms with E-state index in [4.69, 9.17) is 4.74 Å². The van der Waals surface area contributed by atoms with Gasteiger partial charge in [-0.05, 0) is 95.2 Å². The molecular weight excluding hydrogens is 406 g/mol. The normalized spacial score (nSPS) is 28.2. The molecule has 7 nitrogen and oxygen atoms in total. The molecule has 4 aliphatic carbocycles. The van der Waals surface area contributed by atoms with Crippen LogP contribution in [-0.4, -0.2) is 30.1 Å². The molecule has 32 heavy (non-hydrogen) atoms. The number of hydrogen-bond acceptors (Lipinski definition) is 4. The Morgan fingerprint density at radius 1 is 0.969 bits per heavy atom. The molecule has 0 aliphatic heterocycles. The monoisotopic (exact) mass is 441 g/mol. The summed E-state index contributed by atoms with van der Waals surface area (Å²) in [5.74, 6) is 2.07. The van der Waals surface area contributed by atoms with Crippen LogP contribution in [0.5, 0.6) is 0 Å². The van der Waals surface area contributed by atoms with Gasteiger partial charge in [-0.15, -0.1) is 0 Å². The minimum Gasteiger partial charge on any atom is -0.444 e. The molecule has 4 bridgehead atoms. The molecule has 3 amide bonds. The van der Waals surface area contributed by atoms with E-state index in [2.05, 4.69) is 16.0 Å². The fraction of sp³-hybridized carbons (Fsp3) is 0.640. The summed E-state index contributed by atoms with van der Waals surface area (Å²) in [6.45, 7) is 5.54. The quantitative estimate of drug-likeness (QED) is 0.596. The summed E-state index contributed by atoms with van der Waals surface area (Å²) in [7, 11) is 0. The third-order valence-corrected chi connectivity index (χ3v) is 6.94. The van der Waals surface area contributed by atoms with Gasteiger partial charge in [-0.25, -0.2) is 4.79 Å². The first-order valence-electron chi connectivity index (χ1n) is 11.8. The van der Waals surface area contributed by atoms with Gasteiger partial charge in [-0.1, -0.05) is 6.07 Å². The van der Waals surface area contributed by atoms with Crippen molar-refractivity contribution in [3.8, 4) is 0 Å². The van der Waals surface area contributed by atoms with Crippen LogP contribution in [0.15, 0.2) is 24.3 Å². The smallest absolute Gasteiger partial charge is 0.407 e. The van der Waals surface area contributed by atoms with Crippen molar-refractivity contribution in [2.45, 2.75) is 71.3 Å². The largest absolute Gasteiger partial charge is 0.444 e. The van der Waals surface area contributed by atoms with Crippen LogP contribution in [0.1, 0.15) is 65.7 Å². The number of nitrogens with one attached hydrogen (secondary N) is 3. The van der Waals surface area contributed by atoms with Crippen molar-refractivity contribution in [3.63, 3.8) is 0 Å². The molecule has 4 fully saturated rings. The highest BCUT2D eigenvalue weighted by atomic mass is 16.6. The summed E-state index contributed by atoms with van der Waals surface area (Å²) in [5, 5.41) is 8.54. The molecule has 0 heterocycles. The molecule has 174 valence electrons. The SMILES string of the molecule is CC(C)(C)OC(=O)NCCC(=O)Nc1cccc(NC(=O)C23CC4CC(CC(C4)C2)C3)c1. The van der Waals surface area contributed by atoms with E-state index < -0.39 is 11.7 Å². The lowest BCUT2D eigenvalue weighted by molar-refractivity contribution is -0.140. The van der Waals surface area contributed by atoms with Crippen LogP contribution in [-0.2, 0) is 14.3 Å². The number of rotatable bonds is 6. The minimum atomic E-state index is -0.576. The predicted octanol–water partition coefficient (Wildman–Crippen LogP) is 4.69. The molecule has 0 radical (unpaired) electrons. The molecule has 0 saturated heterocycles. The highest BCUT2D eigenvalue weighted by Gasteiger charge is 2.54. The lowest BCUT2D eigenvalue weighted by Crippen LogP contribution is -2.51. The molecule has 0 atom stereocenters. The van der Waals surface area contributed by atoms with Gasteiger partial charge in [0.25, 0.3) is 0 Å². The highest BCUT2D eigenvalue weighted by molar-refractivity contribution is 5.97. The van der Waals surface area contributed by atoms with Gasteiger partial charge < -0.3 is 20.7 Å². The molecule has 3 N–H and O–H groups in total. The zero-order valence-electron chi connectivity index (χ0n) is 19.3. The Morgan fingerprint density at radius 2 is 1.53 bits per heavy atom.